The summed E-state index contributed by atoms with van der Waals surface area (Å²) in [6, 6.07) is 0. The molecule has 0 aromatic heterocycles. The van der Waals surface area contributed by atoms with Crippen LogP contribution < -0.4 is 5.11 Å². The molecule has 0 heterocycles. The molecule has 0 aliphatic carbocycles. The van der Waals surface area contributed by atoms with E-state index in [0.29, 0.717) is 5.57 Å². The lowest BCUT2D eigenvalue weighted by Crippen LogP contribution is -2.06. The topological polar surface area (TPSA) is 40.1 Å². The molecule has 0 aromatic carbocycles. The Bertz CT molecular complexity index is 130. The highest BCUT2D eigenvalue weighted by atomic mass is 16.3. The summed E-state index contributed by atoms with van der Waals surface area (Å²) in [6.07, 6.45) is 0. The van der Waals surface area contributed by atoms with Gasteiger partial charge in [0.25, 0.3) is 0 Å². The van der Waals surface area contributed by atoms with E-state index in [0.717, 1.165) is 0 Å². The molecule has 0 atom stereocenters. The van der Waals surface area contributed by atoms with Crippen LogP contribution in [0.2, 0.25) is 0 Å². The van der Waals surface area contributed by atoms with Crippen LogP contribution in [0.4, 0.5) is 0 Å². The Hall–Kier alpha value is -0.790. The average Bonchev–Trinajstić information content (AvgIpc) is 1.64. The van der Waals surface area contributed by atoms with E-state index in [4.69, 9.17) is 0 Å². The normalized spacial score (nSPS) is 11.4. The standard InChI is InChI=1S/C6H10O2.CH4/c1-4(5(2)7)6(3)8;/h7H,1-3H3;1H4/p-1/b5-4-;. The van der Waals surface area contributed by atoms with E-state index in [9.17, 15) is 9.90 Å². The highest BCUT2D eigenvalue weighted by Gasteiger charge is 1.91. The van der Waals surface area contributed by atoms with Crippen molar-refractivity contribution < 1.29 is 9.90 Å². The first-order valence-corrected chi connectivity index (χ1v) is 2.41. The molecule has 0 spiro atoms. The van der Waals surface area contributed by atoms with Crippen molar-refractivity contribution in [2.24, 2.45) is 0 Å². The van der Waals surface area contributed by atoms with E-state index < -0.39 is 0 Å². The number of ketones is 1. The van der Waals surface area contributed by atoms with Crippen molar-refractivity contribution in [2.75, 3.05) is 0 Å². The van der Waals surface area contributed by atoms with Gasteiger partial charge in [-0.3, -0.25) is 4.79 Å². The SMILES string of the molecule is C.CC(=O)/C(C)=C(/C)[O-]. The third-order valence-corrected chi connectivity index (χ3v) is 1.06. The highest BCUT2D eigenvalue weighted by molar-refractivity contribution is 5.92. The minimum absolute atomic E-state index is 0. The van der Waals surface area contributed by atoms with E-state index in [1.165, 1.54) is 20.8 Å². The number of carbonyl (C=O) groups excluding carboxylic acids is 1. The van der Waals surface area contributed by atoms with Gasteiger partial charge in [0.2, 0.25) is 0 Å². The number of hydrogen-bond donors (Lipinski definition) is 0. The van der Waals surface area contributed by atoms with Crippen molar-refractivity contribution in [3.8, 4) is 0 Å². The fourth-order valence-corrected chi connectivity index (χ4v) is 0.248. The fraction of sp³-hybridized carbons (Fsp3) is 0.571. The number of carbonyl (C=O) groups is 1. The molecule has 0 unspecified atom stereocenters. The van der Waals surface area contributed by atoms with Crippen LogP contribution >= 0.6 is 0 Å². The van der Waals surface area contributed by atoms with Crippen LogP contribution in [0.5, 0.6) is 0 Å². The summed E-state index contributed by atoms with van der Waals surface area (Å²) in [5.74, 6) is -0.282. The first-order valence-electron chi connectivity index (χ1n) is 2.41. The summed E-state index contributed by atoms with van der Waals surface area (Å²) in [4.78, 5) is 10.3. The van der Waals surface area contributed by atoms with Crippen LogP contribution in [0.15, 0.2) is 11.3 Å². The fourth-order valence-electron chi connectivity index (χ4n) is 0.248. The molecule has 0 radical (unpaired) electrons. The van der Waals surface area contributed by atoms with E-state index >= 15 is 0 Å². The smallest absolute Gasteiger partial charge is 0.154 e. The zero-order chi connectivity index (χ0) is 6.73. The Kier molecular flexibility index (Phi) is 5.07. The van der Waals surface area contributed by atoms with E-state index in [-0.39, 0.29) is 19.0 Å². The summed E-state index contributed by atoms with van der Waals surface area (Å²) >= 11 is 0. The van der Waals surface area contributed by atoms with Crippen LogP contribution in [-0.4, -0.2) is 5.78 Å². The van der Waals surface area contributed by atoms with Crippen LogP contribution in [0.25, 0.3) is 0 Å². The quantitative estimate of drug-likeness (QED) is 0.389. The Labute approximate surface area is 56.2 Å². The van der Waals surface area contributed by atoms with Gasteiger partial charge in [0, 0.05) is 0 Å². The second kappa shape index (κ2) is 4.13. The number of rotatable bonds is 1. The maximum Gasteiger partial charge on any atom is 0.154 e. The molecule has 0 N–H and O–H groups in total. The zero-order valence-electron chi connectivity index (χ0n) is 5.32. The summed E-state index contributed by atoms with van der Waals surface area (Å²) in [6.45, 7) is 4.30. The van der Waals surface area contributed by atoms with Gasteiger partial charge < -0.3 is 5.11 Å². The highest BCUT2D eigenvalue weighted by Crippen LogP contribution is 1.95. The molecule has 2 heteroatoms. The Morgan fingerprint density at radius 2 is 1.56 bits per heavy atom. The van der Waals surface area contributed by atoms with Gasteiger partial charge in [-0.2, -0.15) is 0 Å². The monoisotopic (exact) mass is 129 g/mol. The van der Waals surface area contributed by atoms with E-state index in [1.54, 1.807) is 0 Å². The predicted octanol–water partition coefficient (Wildman–Crippen LogP) is 0.866. The van der Waals surface area contributed by atoms with Crippen LogP contribution in [0.1, 0.15) is 28.2 Å². The van der Waals surface area contributed by atoms with E-state index in [1.807, 2.05) is 0 Å². The Morgan fingerprint density at radius 1 is 1.22 bits per heavy atom. The second-order valence-electron chi connectivity index (χ2n) is 1.74. The van der Waals surface area contributed by atoms with Gasteiger partial charge in [0.15, 0.2) is 5.78 Å². The molecule has 0 aliphatic heterocycles. The molecule has 0 rings (SSSR count). The van der Waals surface area contributed by atoms with Gasteiger partial charge in [0.05, 0.1) is 0 Å². The third kappa shape index (κ3) is 3.76. The van der Waals surface area contributed by atoms with Gasteiger partial charge in [0.1, 0.15) is 0 Å². The van der Waals surface area contributed by atoms with Crippen molar-refractivity contribution in [2.45, 2.75) is 28.2 Å². The van der Waals surface area contributed by atoms with Gasteiger partial charge in [-0.25, -0.2) is 0 Å². The van der Waals surface area contributed by atoms with Gasteiger partial charge in [-0.15, -0.1) is 5.76 Å². The zero-order valence-corrected chi connectivity index (χ0v) is 5.32. The molecular weight excluding hydrogens is 116 g/mol. The Morgan fingerprint density at radius 3 is 1.56 bits per heavy atom. The second-order valence-corrected chi connectivity index (χ2v) is 1.74. The van der Waals surface area contributed by atoms with Gasteiger partial charge >= 0.3 is 0 Å². The largest absolute Gasteiger partial charge is 0.875 e. The third-order valence-electron chi connectivity index (χ3n) is 1.06. The van der Waals surface area contributed by atoms with E-state index in [2.05, 4.69) is 0 Å². The lowest BCUT2D eigenvalue weighted by Gasteiger charge is -2.06. The molecule has 0 aromatic rings. The molecule has 0 saturated heterocycles. The predicted molar refractivity (Wildman–Crippen MR) is 35.8 cm³/mol. The van der Waals surface area contributed by atoms with Crippen LogP contribution in [-0.2, 0) is 4.79 Å². The van der Waals surface area contributed by atoms with Crippen molar-refractivity contribution >= 4 is 5.78 Å². The van der Waals surface area contributed by atoms with Crippen molar-refractivity contribution in [3.05, 3.63) is 11.3 Å². The minimum atomic E-state index is -0.141. The van der Waals surface area contributed by atoms with Crippen molar-refractivity contribution in [1.82, 2.24) is 0 Å². The van der Waals surface area contributed by atoms with Crippen LogP contribution in [0, 0.1) is 0 Å². The number of hydrogen-bond acceptors (Lipinski definition) is 2. The summed E-state index contributed by atoms with van der Waals surface area (Å²) in [5.41, 5.74) is 0.324. The van der Waals surface area contributed by atoms with Crippen LogP contribution in [0.3, 0.4) is 0 Å². The molecule has 2 nitrogen and oxygen atoms in total. The molecule has 0 fully saturated rings. The Balaban J connectivity index is 0. The first kappa shape index (κ1) is 11.1. The first-order chi connectivity index (χ1) is 3.55. The summed E-state index contributed by atoms with van der Waals surface area (Å²) in [5, 5.41) is 10.3. The molecule has 0 bridgehead atoms. The minimum Gasteiger partial charge on any atom is -0.875 e. The molecule has 0 saturated carbocycles. The van der Waals surface area contributed by atoms with Crippen molar-refractivity contribution in [3.63, 3.8) is 0 Å². The lowest BCUT2D eigenvalue weighted by atomic mass is 10.2. The number of allylic oxidation sites excluding steroid dienone is 2. The molecule has 9 heavy (non-hydrogen) atoms. The molecular formula is C7H13O2-. The van der Waals surface area contributed by atoms with Gasteiger partial charge in [-0.1, -0.05) is 14.4 Å². The maximum absolute atomic E-state index is 10.3. The lowest BCUT2D eigenvalue weighted by molar-refractivity contribution is -0.303. The molecule has 0 amide bonds. The number of Topliss-reactive ketones (excluding diaryl/α,β-unsaturated/α-hetero) is 1. The van der Waals surface area contributed by atoms with Gasteiger partial charge in [-0.05, 0) is 19.4 Å². The average molecular weight is 129 g/mol. The maximum atomic E-state index is 10.3. The van der Waals surface area contributed by atoms with Crippen molar-refractivity contribution in [1.29, 1.82) is 0 Å². The molecule has 54 valence electrons. The summed E-state index contributed by atoms with van der Waals surface area (Å²) < 4.78 is 0. The molecule has 0 aliphatic rings. The summed E-state index contributed by atoms with van der Waals surface area (Å²) in [7, 11) is 0.